The number of imidazole rings is 1. The number of hydrogen-bond acceptors (Lipinski definition) is 4. The van der Waals surface area contributed by atoms with E-state index in [1.165, 1.54) is 41.3 Å². The fourth-order valence-corrected chi connectivity index (χ4v) is 13.1. The van der Waals surface area contributed by atoms with Crippen LogP contribution in [-0.4, -0.2) is 27.8 Å². The Kier molecular flexibility index (Phi) is 11.6. The molecule has 0 spiro atoms. The number of pyridine rings is 1. The van der Waals surface area contributed by atoms with Gasteiger partial charge in [0.15, 0.2) is 0 Å². The minimum absolute atomic E-state index is 0. The van der Waals surface area contributed by atoms with Gasteiger partial charge in [-0.15, -0.1) is 18.2 Å². The maximum absolute atomic E-state index is 6.32. The Hall–Kier alpha value is -5.63. The number of rotatable bonds is 7. The standard InChI is InChI=1S/C31H19N2O.C24H26GeNS.Ir/c1-2-9-21(10-3-1)22-17-19-23(20-18-22)33-28-15-6-5-14-27(28)32-31(33)26-13-8-12-25-24-11-4-7-16-29(24)34-30(25)26;1-16(2)13-17-14-22(26-15-21(17)25(3,4)5)20-11-8-10-19-18-9-6-7-12-23(18)27-24(19)20;/h1-12,14-20H;6-10,12,14-16H,13H2,1-5H3;/q2*-1;. The average molecular weight is 1060 g/mol. The van der Waals surface area contributed by atoms with Crippen LogP contribution in [0.4, 0.5) is 0 Å². The van der Waals surface area contributed by atoms with Crippen molar-refractivity contribution < 1.29 is 24.5 Å². The molecule has 0 bridgehead atoms. The van der Waals surface area contributed by atoms with Crippen molar-refractivity contribution in [1.29, 1.82) is 0 Å². The van der Waals surface area contributed by atoms with Crippen molar-refractivity contribution in [3.8, 4) is 39.5 Å². The zero-order valence-corrected chi connectivity index (χ0v) is 40.7. The van der Waals surface area contributed by atoms with Crippen molar-refractivity contribution in [3.05, 3.63) is 182 Å². The molecule has 0 N–H and O–H groups in total. The Labute approximate surface area is 383 Å². The van der Waals surface area contributed by atoms with Gasteiger partial charge >= 0.3 is 169 Å². The van der Waals surface area contributed by atoms with Gasteiger partial charge in [-0.2, -0.15) is 0 Å². The molecule has 0 aliphatic heterocycles. The van der Waals surface area contributed by atoms with E-state index in [4.69, 9.17) is 14.4 Å². The summed E-state index contributed by atoms with van der Waals surface area (Å²) in [6, 6.07) is 61.6. The van der Waals surface area contributed by atoms with Crippen molar-refractivity contribution in [2.75, 3.05) is 0 Å². The summed E-state index contributed by atoms with van der Waals surface area (Å²) in [5.41, 5.74) is 11.7. The van der Waals surface area contributed by atoms with Gasteiger partial charge in [-0.1, -0.05) is 83.7 Å². The van der Waals surface area contributed by atoms with E-state index >= 15 is 0 Å². The molecule has 0 aliphatic carbocycles. The Morgan fingerprint density at radius 2 is 1.34 bits per heavy atom. The first-order valence-electron chi connectivity index (χ1n) is 21.0. The molecule has 7 heteroatoms. The second-order valence-electron chi connectivity index (χ2n) is 17.1. The molecule has 0 atom stereocenters. The van der Waals surface area contributed by atoms with Gasteiger partial charge in [0.05, 0.1) is 22.4 Å². The summed E-state index contributed by atoms with van der Waals surface area (Å²) in [5.74, 6) is 8.84. The van der Waals surface area contributed by atoms with Crippen molar-refractivity contribution in [3.63, 3.8) is 0 Å². The zero-order valence-electron chi connectivity index (χ0n) is 35.4. The number of benzene rings is 7. The first-order valence-corrected chi connectivity index (χ1v) is 29.1. The van der Waals surface area contributed by atoms with Crippen molar-refractivity contribution in [1.82, 2.24) is 14.5 Å². The third-order valence-electron chi connectivity index (χ3n) is 11.4. The molecule has 307 valence electrons. The van der Waals surface area contributed by atoms with E-state index in [0.29, 0.717) is 5.92 Å². The minimum atomic E-state index is -1.95. The SMILES string of the molecule is CC(C)Cc1cc(-c2[c-]ccc3c2sc2ccccc23)nc[c]1[Ge]([CH3])([CH3])[CH3].[Ir].[c-]1ccc2c(oc3ccccc32)c1-c1nc2ccccc2n1-c1ccc(-c2ccccc2)cc1. The Balaban J connectivity index is 0.000000160. The number of para-hydroxylation sites is 3. The fraction of sp³-hybridized carbons (Fsp3) is 0.127. The van der Waals surface area contributed by atoms with Crippen LogP contribution in [0.25, 0.3) is 92.6 Å². The maximum atomic E-state index is 6.32. The molecule has 62 heavy (non-hydrogen) atoms. The summed E-state index contributed by atoms with van der Waals surface area (Å²) < 4.78 is 12.7. The molecule has 0 aliphatic rings. The Bertz CT molecular complexity index is 3360. The van der Waals surface area contributed by atoms with Gasteiger partial charge in [0.2, 0.25) is 0 Å². The van der Waals surface area contributed by atoms with Gasteiger partial charge in [0.1, 0.15) is 5.58 Å². The van der Waals surface area contributed by atoms with Gasteiger partial charge in [0.25, 0.3) is 0 Å². The van der Waals surface area contributed by atoms with Crippen LogP contribution in [-0.2, 0) is 26.5 Å². The normalized spacial score (nSPS) is 11.7. The number of nitrogens with zero attached hydrogens (tertiary/aromatic N) is 3. The average Bonchev–Trinajstić information content (AvgIpc) is 3.98. The maximum Gasteiger partial charge on any atom is 0.120 e. The molecule has 11 aromatic rings. The van der Waals surface area contributed by atoms with Crippen LogP contribution in [0, 0.1) is 18.1 Å². The summed E-state index contributed by atoms with van der Waals surface area (Å²) >= 11 is -0.0973. The molecule has 0 unspecified atom stereocenters. The van der Waals surface area contributed by atoms with Crippen LogP contribution in [0.1, 0.15) is 19.4 Å². The molecule has 1 radical (unpaired) electrons. The van der Waals surface area contributed by atoms with E-state index in [-0.39, 0.29) is 20.1 Å². The second-order valence-corrected chi connectivity index (χ2v) is 28.8. The molecule has 7 aromatic carbocycles. The van der Waals surface area contributed by atoms with E-state index in [1.54, 1.807) is 0 Å². The zero-order chi connectivity index (χ0) is 41.7. The molecule has 0 saturated carbocycles. The van der Waals surface area contributed by atoms with Crippen LogP contribution >= 0.6 is 11.3 Å². The summed E-state index contributed by atoms with van der Waals surface area (Å²) in [4.78, 5) is 9.96. The van der Waals surface area contributed by atoms with Crippen molar-refractivity contribution in [2.45, 2.75) is 37.5 Å². The molecular weight excluding hydrogens is 1020 g/mol. The number of aromatic nitrogens is 3. The van der Waals surface area contributed by atoms with Crippen molar-refractivity contribution >= 4 is 82.1 Å². The summed E-state index contributed by atoms with van der Waals surface area (Å²) in [6.07, 6.45) is 3.29. The number of fused-ring (bicyclic) bond motifs is 7. The first kappa shape index (κ1) is 41.7. The number of thiophene rings is 1. The summed E-state index contributed by atoms with van der Waals surface area (Å²) in [5, 5.41) is 4.82. The van der Waals surface area contributed by atoms with Crippen LogP contribution in [0.15, 0.2) is 168 Å². The Morgan fingerprint density at radius 1 is 0.677 bits per heavy atom. The van der Waals surface area contributed by atoms with Gasteiger partial charge < -0.3 is 8.98 Å². The molecule has 11 rings (SSSR count). The molecule has 4 heterocycles. The number of hydrogen-bond donors (Lipinski definition) is 0. The Morgan fingerprint density at radius 3 is 2.11 bits per heavy atom. The van der Waals surface area contributed by atoms with Gasteiger partial charge in [-0.25, -0.2) is 0 Å². The van der Waals surface area contributed by atoms with Gasteiger partial charge in [-0.3, -0.25) is 4.98 Å². The van der Waals surface area contributed by atoms with Gasteiger partial charge in [0, 0.05) is 31.2 Å². The molecular formula is C55H45GeIrN3OS-2. The van der Waals surface area contributed by atoms with Crippen LogP contribution in [0.2, 0.25) is 17.3 Å². The molecule has 4 aromatic heterocycles. The first-order chi connectivity index (χ1) is 29.7. The topological polar surface area (TPSA) is 43.9 Å². The van der Waals surface area contributed by atoms with Crippen LogP contribution in [0.5, 0.6) is 0 Å². The summed E-state index contributed by atoms with van der Waals surface area (Å²) in [7, 11) is 0. The smallest absolute Gasteiger partial charge is 0.120 e. The van der Waals surface area contributed by atoms with Crippen molar-refractivity contribution in [2.24, 2.45) is 5.92 Å². The van der Waals surface area contributed by atoms with E-state index in [1.807, 2.05) is 59.9 Å². The molecule has 0 fully saturated rings. The van der Waals surface area contributed by atoms with Gasteiger partial charge in [-0.05, 0) is 41.5 Å². The largest absolute Gasteiger partial charge is 0.501 e. The second kappa shape index (κ2) is 17.3. The van der Waals surface area contributed by atoms with E-state index in [9.17, 15) is 0 Å². The number of furan rings is 1. The quantitative estimate of drug-likeness (QED) is 0.118. The van der Waals surface area contributed by atoms with Crippen LogP contribution < -0.4 is 4.40 Å². The monoisotopic (exact) mass is 1060 g/mol. The predicted octanol–water partition coefficient (Wildman–Crippen LogP) is 14.7. The fourth-order valence-electron chi connectivity index (χ4n) is 8.54. The summed E-state index contributed by atoms with van der Waals surface area (Å²) in [6.45, 7) is 4.61. The molecule has 0 saturated heterocycles. The third-order valence-corrected chi connectivity index (χ3v) is 16.9. The van der Waals surface area contributed by atoms with Crippen LogP contribution in [0.3, 0.4) is 0 Å². The third kappa shape index (κ3) is 7.86. The molecule has 0 amide bonds. The molecule has 4 nitrogen and oxygen atoms in total. The predicted molar refractivity (Wildman–Crippen MR) is 261 cm³/mol. The van der Waals surface area contributed by atoms with E-state index in [0.717, 1.165) is 67.7 Å². The minimum Gasteiger partial charge on any atom is -0.501 e. The van der Waals surface area contributed by atoms with E-state index in [2.05, 4.69) is 163 Å². The van der Waals surface area contributed by atoms with E-state index < -0.39 is 13.3 Å².